The first kappa shape index (κ1) is 18.9. The van der Waals surface area contributed by atoms with E-state index in [2.05, 4.69) is 0 Å². The standard InChI is InChI=1S/C15H21NO7/c1-5-22-14(18)10-8-16(9-13(20-3)21-4)11(7-12(10)17)15(19)23-6-2/h7-8,13H,5-6,9H2,1-4H3. The van der Waals surface area contributed by atoms with Crippen LogP contribution in [-0.4, -0.2) is 50.2 Å². The van der Waals surface area contributed by atoms with Crippen molar-refractivity contribution in [2.24, 2.45) is 0 Å². The number of methoxy groups -OCH3 is 2. The Morgan fingerprint density at radius 2 is 1.65 bits per heavy atom. The molecule has 1 heterocycles. The van der Waals surface area contributed by atoms with E-state index in [1.165, 1.54) is 25.0 Å². The largest absolute Gasteiger partial charge is 0.462 e. The maximum atomic E-state index is 12.1. The predicted octanol–water partition coefficient (Wildman–Crippen LogP) is 0.821. The highest BCUT2D eigenvalue weighted by Gasteiger charge is 2.21. The van der Waals surface area contributed by atoms with E-state index in [9.17, 15) is 14.4 Å². The molecule has 1 rings (SSSR count). The Bertz CT molecular complexity index is 604. The SMILES string of the molecule is CCOC(=O)c1cn(CC(OC)OC)c(C(=O)OCC)cc1=O. The quantitative estimate of drug-likeness (QED) is 0.515. The zero-order chi connectivity index (χ0) is 17.4. The van der Waals surface area contributed by atoms with Crippen molar-refractivity contribution in [2.45, 2.75) is 26.7 Å². The molecule has 8 heteroatoms. The number of hydrogen-bond donors (Lipinski definition) is 0. The molecule has 0 saturated heterocycles. The van der Waals surface area contributed by atoms with Crippen molar-refractivity contribution >= 4 is 11.9 Å². The highest BCUT2D eigenvalue weighted by Crippen LogP contribution is 2.08. The van der Waals surface area contributed by atoms with Crippen molar-refractivity contribution in [3.8, 4) is 0 Å². The van der Waals surface area contributed by atoms with Crippen LogP contribution in [0.4, 0.5) is 0 Å². The van der Waals surface area contributed by atoms with Gasteiger partial charge in [0, 0.05) is 26.5 Å². The number of hydrogen-bond acceptors (Lipinski definition) is 7. The van der Waals surface area contributed by atoms with Crippen LogP contribution < -0.4 is 5.43 Å². The summed E-state index contributed by atoms with van der Waals surface area (Å²) < 4.78 is 21.3. The van der Waals surface area contributed by atoms with Gasteiger partial charge in [-0.25, -0.2) is 9.59 Å². The third kappa shape index (κ3) is 4.90. The van der Waals surface area contributed by atoms with Crippen LogP contribution in [0.3, 0.4) is 0 Å². The van der Waals surface area contributed by atoms with Crippen LogP contribution in [0.2, 0.25) is 0 Å². The van der Waals surface area contributed by atoms with E-state index in [1.807, 2.05) is 0 Å². The van der Waals surface area contributed by atoms with E-state index < -0.39 is 23.7 Å². The molecule has 0 radical (unpaired) electrons. The van der Waals surface area contributed by atoms with Gasteiger partial charge in [0.05, 0.1) is 19.8 Å². The topological polar surface area (TPSA) is 93.1 Å². The molecule has 0 bridgehead atoms. The molecule has 128 valence electrons. The first-order valence-electron chi connectivity index (χ1n) is 7.12. The predicted molar refractivity (Wildman–Crippen MR) is 80.4 cm³/mol. The Labute approximate surface area is 133 Å². The number of carbonyl (C=O) groups is 2. The van der Waals surface area contributed by atoms with Crippen LogP contribution in [0.1, 0.15) is 34.7 Å². The number of rotatable bonds is 8. The number of nitrogens with zero attached hydrogens (tertiary/aromatic N) is 1. The van der Waals surface area contributed by atoms with Gasteiger partial charge in [-0.15, -0.1) is 0 Å². The average Bonchev–Trinajstić information content (AvgIpc) is 2.53. The Morgan fingerprint density at radius 3 is 2.17 bits per heavy atom. The molecule has 0 amide bonds. The van der Waals surface area contributed by atoms with Crippen molar-refractivity contribution < 1.29 is 28.5 Å². The van der Waals surface area contributed by atoms with E-state index in [-0.39, 0.29) is 31.0 Å². The first-order valence-corrected chi connectivity index (χ1v) is 7.12. The van der Waals surface area contributed by atoms with E-state index in [0.717, 1.165) is 6.07 Å². The van der Waals surface area contributed by atoms with Gasteiger partial charge in [0.1, 0.15) is 11.3 Å². The second kappa shape index (κ2) is 9.06. The van der Waals surface area contributed by atoms with Gasteiger partial charge in [0.15, 0.2) is 11.7 Å². The van der Waals surface area contributed by atoms with Crippen molar-refractivity contribution in [1.82, 2.24) is 4.57 Å². The van der Waals surface area contributed by atoms with Gasteiger partial charge in [-0.05, 0) is 13.8 Å². The number of esters is 2. The van der Waals surface area contributed by atoms with Crippen molar-refractivity contribution in [1.29, 1.82) is 0 Å². The first-order chi connectivity index (χ1) is 11.0. The average molecular weight is 327 g/mol. The van der Waals surface area contributed by atoms with Crippen LogP contribution in [0.5, 0.6) is 0 Å². The zero-order valence-electron chi connectivity index (χ0n) is 13.7. The van der Waals surface area contributed by atoms with Crippen molar-refractivity contribution in [3.63, 3.8) is 0 Å². The maximum absolute atomic E-state index is 12.1. The van der Waals surface area contributed by atoms with E-state index in [1.54, 1.807) is 13.8 Å². The number of carbonyl (C=O) groups excluding carboxylic acids is 2. The molecule has 0 unspecified atom stereocenters. The minimum absolute atomic E-state index is 0.00370. The van der Waals surface area contributed by atoms with Gasteiger partial charge in [0.2, 0.25) is 0 Å². The molecule has 0 spiro atoms. The molecule has 0 fully saturated rings. The normalized spacial score (nSPS) is 10.7. The maximum Gasteiger partial charge on any atom is 0.355 e. The fourth-order valence-corrected chi connectivity index (χ4v) is 1.87. The molecule has 23 heavy (non-hydrogen) atoms. The van der Waals surface area contributed by atoms with Gasteiger partial charge >= 0.3 is 11.9 Å². The molecular formula is C15H21NO7. The number of aromatic nitrogens is 1. The Hall–Kier alpha value is -2.19. The van der Waals surface area contributed by atoms with Gasteiger partial charge < -0.3 is 23.5 Å². The molecular weight excluding hydrogens is 306 g/mol. The monoisotopic (exact) mass is 327 g/mol. The smallest absolute Gasteiger partial charge is 0.355 e. The Kier molecular flexibility index (Phi) is 7.43. The summed E-state index contributed by atoms with van der Waals surface area (Å²) in [6.07, 6.45) is 0.582. The Morgan fingerprint density at radius 1 is 1.09 bits per heavy atom. The molecule has 0 N–H and O–H groups in total. The molecule has 0 saturated carbocycles. The van der Waals surface area contributed by atoms with Gasteiger partial charge in [0.25, 0.3) is 0 Å². The van der Waals surface area contributed by atoms with E-state index in [0.29, 0.717) is 0 Å². The molecule has 0 atom stereocenters. The zero-order valence-corrected chi connectivity index (χ0v) is 13.7. The lowest BCUT2D eigenvalue weighted by molar-refractivity contribution is -0.111. The minimum atomic E-state index is -0.756. The summed E-state index contributed by atoms with van der Waals surface area (Å²) in [6.45, 7) is 3.67. The molecule has 1 aromatic rings. The summed E-state index contributed by atoms with van der Waals surface area (Å²) in [7, 11) is 2.87. The van der Waals surface area contributed by atoms with Crippen LogP contribution in [0.15, 0.2) is 17.1 Å². The van der Waals surface area contributed by atoms with Gasteiger partial charge in [-0.3, -0.25) is 4.79 Å². The van der Waals surface area contributed by atoms with Crippen LogP contribution in [0, 0.1) is 0 Å². The summed E-state index contributed by atoms with van der Waals surface area (Å²) in [5.41, 5.74) is -0.788. The number of ether oxygens (including phenoxy) is 4. The molecule has 8 nitrogen and oxygen atoms in total. The molecule has 0 aromatic carbocycles. The fraction of sp³-hybridized carbons (Fsp3) is 0.533. The third-order valence-corrected chi connectivity index (χ3v) is 2.98. The number of pyridine rings is 1. The Balaban J connectivity index is 3.33. The van der Waals surface area contributed by atoms with E-state index in [4.69, 9.17) is 18.9 Å². The van der Waals surface area contributed by atoms with Crippen LogP contribution >= 0.6 is 0 Å². The molecule has 0 aliphatic carbocycles. The molecule has 0 aliphatic heterocycles. The van der Waals surface area contributed by atoms with Crippen molar-refractivity contribution in [2.75, 3.05) is 27.4 Å². The fourth-order valence-electron chi connectivity index (χ4n) is 1.87. The highest BCUT2D eigenvalue weighted by atomic mass is 16.7. The lowest BCUT2D eigenvalue weighted by Crippen LogP contribution is -2.29. The van der Waals surface area contributed by atoms with Gasteiger partial charge in [-0.2, -0.15) is 0 Å². The lowest BCUT2D eigenvalue weighted by Gasteiger charge is -2.19. The minimum Gasteiger partial charge on any atom is -0.462 e. The summed E-state index contributed by atoms with van der Waals surface area (Å²) in [6, 6.07) is 1.05. The van der Waals surface area contributed by atoms with Crippen molar-refractivity contribution in [3.05, 3.63) is 33.7 Å². The summed E-state index contributed by atoms with van der Waals surface area (Å²) in [5, 5.41) is 0. The summed E-state index contributed by atoms with van der Waals surface area (Å²) in [5.74, 6) is -1.43. The van der Waals surface area contributed by atoms with Gasteiger partial charge in [-0.1, -0.05) is 0 Å². The van der Waals surface area contributed by atoms with Crippen LogP contribution in [-0.2, 0) is 25.5 Å². The summed E-state index contributed by atoms with van der Waals surface area (Å²) in [4.78, 5) is 35.9. The molecule has 0 aliphatic rings. The second-order valence-corrected chi connectivity index (χ2v) is 4.43. The third-order valence-electron chi connectivity index (χ3n) is 2.98. The lowest BCUT2D eigenvalue weighted by atomic mass is 10.2. The van der Waals surface area contributed by atoms with Crippen LogP contribution in [0.25, 0.3) is 0 Å². The molecule has 1 aromatic heterocycles. The second-order valence-electron chi connectivity index (χ2n) is 4.43. The van der Waals surface area contributed by atoms with E-state index >= 15 is 0 Å². The highest BCUT2D eigenvalue weighted by molar-refractivity contribution is 5.91. The summed E-state index contributed by atoms with van der Waals surface area (Å²) >= 11 is 0.